The molecule has 10 nitrogen and oxygen atoms in total. The Morgan fingerprint density at radius 2 is 1.94 bits per heavy atom. The summed E-state index contributed by atoms with van der Waals surface area (Å²) in [5, 5.41) is 13.9. The minimum atomic E-state index is -4.18. The van der Waals surface area contributed by atoms with Crippen LogP contribution in [0.1, 0.15) is 16.8 Å². The minimum Gasteiger partial charge on any atom is -0.496 e. The number of benzene rings is 2. The molecule has 0 spiro atoms. The third-order valence-electron chi connectivity index (χ3n) is 4.77. The highest BCUT2D eigenvalue weighted by atomic mass is 32.2. The number of fused-ring (bicyclic) bond motifs is 1. The Morgan fingerprint density at radius 3 is 2.62 bits per heavy atom. The molecule has 0 amide bonds. The summed E-state index contributed by atoms with van der Waals surface area (Å²) in [6.07, 6.45) is 5.32. The first-order chi connectivity index (χ1) is 15.5. The van der Waals surface area contributed by atoms with Crippen molar-refractivity contribution in [3.05, 3.63) is 65.7 Å². The second kappa shape index (κ2) is 8.81. The fraction of sp³-hybridized carbons (Fsp3) is 0.190. The number of rotatable bonds is 8. The Labute approximate surface area is 183 Å². The molecular formula is C21H20N4O6S. The third-order valence-corrected chi connectivity index (χ3v) is 6.23. The topological polar surface area (TPSA) is 137 Å². The number of hydrogen-bond acceptors (Lipinski definition) is 9. The monoisotopic (exact) mass is 456 g/mol. The predicted molar refractivity (Wildman–Crippen MR) is 115 cm³/mol. The molecule has 2 heterocycles. The van der Waals surface area contributed by atoms with Crippen LogP contribution >= 0.6 is 0 Å². The normalized spacial score (nSPS) is 11.5. The SMILES string of the molecule is COc1cccc(CO)c1S(=O)(=O)Nc1noc2cc(Cc3cnccn3)cc(OC)c12. The number of ether oxygens (including phenoxy) is 2. The lowest BCUT2D eigenvalue weighted by molar-refractivity contribution is 0.276. The molecule has 0 aliphatic carbocycles. The van der Waals surface area contributed by atoms with E-state index in [1.54, 1.807) is 36.8 Å². The lowest BCUT2D eigenvalue weighted by Crippen LogP contribution is -2.16. The maximum Gasteiger partial charge on any atom is 0.267 e. The second-order valence-corrected chi connectivity index (χ2v) is 8.41. The van der Waals surface area contributed by atoms with Crippen molar-refractivity contribution in [2.75, 3.05) is 18.9 Å². The standard InChI is InChI=1S/C21H20N4O6S/c1-29-16-5-3-4-14(12-26)20(16)32(27,28)25-21-19-17(30-2)9-13(10-18(19)31-24-21)8-15-11-22-6-7-23-15/h3-7,9-11,26H,8,12H2,1-2H3,(H,24,25). The molecule has 0 unspecified atom stereocenters. The van der Waals surface area contributed by atoms with Crippen LogP contribution in [0, 0.1) is 0 Å². The predicted octanol–water partition coefficient (Wildman–Crippen LogP) is 2.52. The first-order valence-corrected chi connectivity index (χ1v) is 11.0. The zero-order chi connectivity index (χ0) is 22.7. The van der Waals surface area contributed by atoms with Gasteiger partial charge >= 0.3 is 0 Å². The van der Waals surface area contributed by atoms with Crippen LogP contribution in [0.15, 0.2) is 58.3 Å². The zero-order valence-corrected chi connectivity index (χ0v) is 18.1. The fourth-order valence-electron chi connectivity index (χ4n) is 3.38. The Bertz CT molecular complexity index is 1330. The van der Waals surface area contributed by atoms with E-state index in [9.17, 15) is 13.5 Å². The largest absolute Gasteiger partial charge is 0.496 e. The molecular weight excluding hydrogens is 436 g/mol. The highest BCUT2D eigenvalue weighted by molar-refractivity contribution is 7.92. The molecule has 0 fully saturated rings. The van der Waals surface area contributed by atoms with Gasteiger partial charge in [0.15, 0.2) is 11.4 Å². The Morgan fingerprint density at radius 1 is 1.12 bits per heavy atom. The molecule has 0 atom stereocenters. The second-order valence-electron chi connectivity index (χ2n) is 6.79. The lowest BCUT2D eigenvalue weighted by atomic mass is 10.1. The maximum atomic E-state index is 13.2. The van der Waals surface area contributed by atoms with Gasteiger partial charge in [0, 0.05) is 30.6 Å². The van der Waals surface area contributed by atoms with Gasteiger partial charge in [-0.3, -0.25) is 14.7 Å². The van der Waals surface area contributed by atoms with Crippen LogP contribution in [-0.2, 0) is 23.1 Å². The number of aliphatic hydroxyl groups excluding tert-OH is 1. The average Bonchev–Trinajstić information content (AvgIpc) is 3.20. The van der Waals surface area contributed by atoms with Gasteiger partial charge in [-0.25, -0.2) is 8.42 Å². The van der Waals surface area contributed by atoms with Crippen molar-refractivity contribution in [1.29, 1.82) is 0 Å². The van der Waals surface area contributed by atoms with Crippen LogP contribution in [0.4, 0.5) is 5.82 Å². The van der Waals surface area contributed by atoms with Crippen molar-refractivity contribution < 1.29 is 27.5 Å². The van der Waals surface area contributed by atoms with Gasteiger partial charge in [-0.2, -0.15) is 0 Å². The molecule has 0 bridgehead atoms. The number of anilines is 1. The number of sulfonamides is 1. The first-order valence-electron chi connectivity index (χ1n) is 9.47. The van der Waals surface area contributed by atoms with Crippen LogP contribution in [-0.4, -0.2) is 42.9 Å². The molecule has 0 aliphatic rings. The van der Waals surface area contributed by atoms with Gasteiger partial charge < -0.3 is 19.1 Å². The van der Waals surface area contributed by atoms with Crippen molar-refractivity contribution in [2.45, 2.75) is 17.9 Å². The van der Waals surface area contributed by atoms with Gasteiger partial charge in [0.25, 0.3) is 10.0 Å². The molecule has 32 heavy (non-hydrogen) atoms. The van der Waals surface area contributed by atoms with Gasteiger partial charge in [0.1, 0.15) is 21.8 Å². The molecule has 0 saturated heterocycles. The number of methoxy groups -OCH3 is 2. The summed E-state index contributed by atoms with van der Waals surface area (Å²) in [7, 11) is -1.36. The molecule has 0 radical (unpaired) electrons. The molecule has 2 N–H and O–H groups in total. The number of nitrogens with zero attached hydrogens (tertiary/aromatic N) is 3. The van der Waals surface area contributed by atoms with Gasteiger partial charge in [-0.05, 0) is 23.8 Å². The van der Waals surface area contributed by atoms with Crippen LogP contribution in [0.25, 0.3) is 11.0 Å². The van der Waals surface area contributed by atoms with E-state index in [0.717, 1.165) is 11.3 Å². The van der Waals surface area contributed by atoms with E-state index in [2.05, 4.69) is 19.8 Å². The minimum absolute atomic E-state index is 0.0438. The molecule has 11 heteroatoms. The Balaban J connectivity index is 1.75. The summed E-state index contributed by atoms with van der Waals surface area (Å²) in [6, 6.07) is 8.08. The summed E-state index contributed by atoms with van der Waals surface area (Å²) < 4.78 is 44.8. The van der Waals surface area contributed by atoms with E-state index in [1.807, 2.05) is 0 Å². The van der Waals surface area contributed by atoms with E-state index in [1.165, 1.54) is 26.4 Å². The number of hydrogen-bond donors (Lipinski definition) is 2. The van der Waals surface area contributed by atoms with Gasteiger partial charge in [0.05, 0.1) is 26.5 Å². The number of aromatic nitrogens is 3. The number of aliphatic hydroxyl groups is 1. The van der Waals surface area contributed by atoms with Crippen molar-refractivity contribution in [3.63, 3.8) is 0 Å². The zero-order valence-electron chi connectivity index (χ0n) is 17.3. The molecule has 2 aromatic carbocycles. The van der Waals surface area contributed by atoms with E-state index in [-0.39, 0.29) is 22.0 Å². The molecule has 2 aromatic heterocycles. The summed E-state index contributed by atoms with van der Waals surface area (Å²) in [4.78, 5) is 8.13. The van der Waals surface area contributed by atoms with Crippen LogP contribution < -0.4 is 14.2 Å². The quantitative estimate of drug-likeness (QED) is 0.410. The van der Waals surface area contributed by atoms with E-state index >= 15 is 0 Å². The Kier molecular flexibility index (Phi) is 5.93. The lowest BCUT2D eigenvalue weighted by Gasteiger charge is -2.14. The van der Waals surface area contributed by atoms with Gasteiger partial charge in [-0.15, -0.1) is 0 Å². The fourth-order valence-corrected chi connectivity index (χ4v) is 4.77. The van der Waals surface area contributed by atoms with Crippen LogP contribution in [0.2, 0.25) is 0 Å². The third kappa shape index (κ3) is 4.07. The van der Waals surface area contributed by atoms with Crippen molar-refractivity contribution in [2.24, 2.45) is 0 Å². The van der Waals surface area contributed by atoms with Crippen molar-refractivity contribution >= 4 is 26.8 Å². The van der Waals surface area contributed by atoms with Crippen LogP contribution in [0.3, 0.4) is 0 Å². The summed E-state index contributed by atoms with van der Waals surface area (Å²) in [5.41, 5.74) is 2.10. The van der Waals surface area contributed by atoms with E-state index in [0.29, 0.717) is 23.1 Å². The van der Waals surface area contributed by atoms with Gasteiger partial charge in [0.2, 0.25) is 0 Å². The maximum absolute atomic E-state index is 13.2. The van der Waals surface area contributed by atoms with E-state index < -0.39 is 16.6 Å². The molecule has 4 aromatic rings. The highest BCUT2D eigenvalue weighted by Crippen LogP contribution is 2.36. The van der Waals surface area contributed by atoms with Crippen molar-refractivity contribution in [1.82, 2.24) is 15.1 Å². The van der Waals surface area contributed by atoms with Crippen LogP contribution in [0.5, 0.6) is 11.5 Å². The Hall–Kier alpha value is -3.70. The summed E-state index contributed by atoms with van der Waals surface area (Å²) in [6.45, 7) is -0.484. The number of nitrogens with one attached hydrogen (secondary N) is 1. The van der Waals surface area contributed by atoms with Crippen molar-refractivity contribution in [3.8, 4) is 11.5 Å². The van der Waals surface area contributed by atoms with Gasteiger partial charge in [-0.1, -0.05) is 17.3 Å². The molecule has 4 rings (SSSR count). The molecule has 0 saturated carbocycles. The highest BCUT2D eigenvalue weighted by Gasteiger charge is 2.27. The van der Waals surface area contributed by atoms with E-state index in [4.69, 9.17) is 14.0 Å². The molecule has 0 aliphatic heterocycles. The summed E-state index contributed by atoms with van der Waals surface area (Å²) in [5.74, 6) is 0.426. The average molecular weight is 456 g/mol. The first kappa shape index (κ1) is 21.5. The molecule has 166 valence electrons. The summed E-state index contributed by atoms with van der Waals surface area (Å²) >= 11 is 0. The smallest absolute Gasteiger partial charge is 0.267 e.